The molecule has 1 aliphatic heterocycles. The van der Waals surface area contributed by atoms with E-state index in [0.29, 0.717) is 6.04 Å². The van der Waals surface area contributed by atoms with E-state index in [1.165, 1.54) is 13.0 Å². The van der Waals surface area contributed by atoms with Crippen LogP contribution in [0.3, 0.4) is 0 Å². The van der Waals surface area contributed by atoms with Crippen molar-refractivity contribution >= 4 is 0 Å². The Balaban J connectivity index is 2.55. The molecule has 0 aromatic rings. The Kier molecular flexibility index (Phi) is 4.35. The SMILES string of the molecule is COCC(C)(C)N1CCCNC(C)C1. The molecule has 1 saturated heterocycles. The van der Waals surface area contributed by atoms with Crippen LogP contribution >= 0.6 is 0 Å². The van der Waals surface area contributed by atoms with Gasteiger partial charge in [-0.3, -0.25) is 4.90 Å². The molecule has 84 valence electrons. The van der Waals surface area contributed by atoms with Crippen LogP contribution in [0.2, 0.25) is 0 Å². The van der Waals surface area contributed by atoms with Crippen LogP contribution < -0.4 is 5.32 Å². The van der Waals surface area contributed by atoms with Crippen LogP contribution in [0.15, 0.2) is 0 Å². The van der Waals surface area contributed by atoms with Crippen molar-refractivity contribution in [1.29, 1.82) is 0 Å². The van der Waals surface area contributed by atoms with E-state index >= 15 is 0 Å². The summed E-state index contributed by atoms with van der Waals surface area (Å²) in [5.74, 6) is 0. The number of ether oxygens (including phenoxy) is 1. The van der Waals surface area contributed by atoms with E-state index in [0.717, 1.165) is 19.7 Å². The van der Waals surface area contributed by atoms with Crippen LogP contribution in [0.25, 0.3) is 0 Å². The third-order valence-corrected chi connectivity index (χ3v) is 2.95. The van der Waals surface area contributed by atoms with Crippen LogP contribution in [-0.2, 0) is 4.74 Å². The fraction of sp³-hybridized carbons (Fsp3) is 1.00. The summed E-state index contributed by atoms with van der Waals surface area (Å²) in [6.45, 7) is 11.0. The van der Waals surface area contributed by atoms with Crippen LogP contribution in [-0.4, -0.2) is 49.8 Å². The van der Waals surface area contributed by atoms with Gasteiger partial charge in [0, 0.05) is 31.8 Å². The van der Waals surface area contributed by atoms with Crippen molar-refractivity contribution in [1.82, 2.24) is 10.2 Å². The Labute approximate surface area is 87.8 Å². The first-order valence-corrected chi connectivity index (χ1v) is 5.53. The Morgan fingerprint density at radius 3 is 2.86 bits per heavy atom. The van der Waals surface area contributed by atoms with Gasteiger partial charge in [-0.1, -0.05) is 0 Å². The molecule has 1 N–H and O–H groups in total. The molecule has 0 aromatic carbocycles. The van der Waals surface area contributed by atoms with Crippen molar-refractivity contribution in [3.05, 3.63) is 0 Å². The van der Waals surface area contributed by atoms with Gasteiger partial charge in [-0.2, -0.15) is 0 Å². The molecule has 1 rings (SSSR count). The highest BCUT2D eigenvalue weighted by atomic mass is 16.5. The van der Waals surface area contributed by atoms with Gasteiger partial charge in [0.05, 0.1) is 6.61 Å². The molecule has 3 heteroatoms. The summed E-state index contributed by atoms with van der Waals surface area (Å²) in [5, 5.41) is 3.51. The number of nitrogens with zero attached hydrogens (tertiary/aromatic N) is 1. The minimum absolute atomic E-state index is 0.162. The summed E-state index contributed by atoms with van der Waals surface area (Å²) < 4.78 is 5.27. The lowest BCUT2D eigenvalue weighted by atomic mass is 10.0. The molecule has 0 spiro atoms. The van der Waals surface area contributed by atoms with Crippen LogP contribution in [0.5, 0.6) is 0 Å². The highest BCUT2D eigenvalue weighted by Crippen LogP contribution is 2.17. The molecule has 0 saturated carbocycles. The maximum atomic E-state index is 5.27. The van der Waals surface area contributed by atoms with Crippen molar-refractivity contribution in [2.24, 2.45) is 0 Å². The molecule has 1 aliphatic rings. The van der Waals surface area contributed by atoms with Crippen molar-refractivity contribution < 1.29 is 4.74 Å². The summed E-state index contributed by atoms with van der Waals surface area (Å²) in [6.07, 6.45) is 1.23. The molecule has 0 aliphatic carbocycles. The number of hydrogen-bond acceptors (Lipinski definition) is 3. The molecular weight excluding hydrogens is 176 g/mol. The maximum Gasteiger partial charge on any atom is 0.0641 e. The molecule has 1 heterocycles. The molecule has 0 radical (unpaired) electrons. The standard InChI is InChI=1S/C11H24N2O/c1-10-8-13(7-5-6-12-10)11(2,3)9-14-4/h10,12H,5-9H2,1-4H3. The predicted octanol–water partition coefficient (Wildman–Crippen LogP) is 1.10. The van der Waals surface area contributed by atoms with Gasteiger partial charge in [-0.25, -0.2) is 0 Å². The zero-order valence-electron chi connectivity index (χ0n) is 9.97. The molecule has 3 nitrogen and oxygen atoms in total. The molecule has 14 heavy (non-hydrogen) atoms. The van der Waals surface area contributed by atoms with E-state index in [4.69, 9.17) is 4.74 Å². The first kappa shape index (κ1) is 12.0. The lowest BCUT2D eigenvalue weighted by Crippen LogP contribution is -2.50. The summed E-state index contributed by atoms with van der Waals surface area (Å²) in [7, 11) is 1.78. The molecule has 1 fully saturated rings. The average Bonchev–Trinajstić information content (AvgIpc) is 2.30. The molecule has 0 bridgehead atoms. The normalized spacial score (nSPS) is 26.1. The van der Waals surface area contributed by atoms with Gasteiger partial charge in [-0.15, -0.1) is 0 Å². The second kappa shape index (κ2) is 5.10. The van der Waals surface area contributed by atoms with Crippen LogP contribution in [0.4, 0.5) is 0 Å². The topological polar surface area (TPSA) is 24.5 Å². The third-order valence-electron chi connectivity index (χ3n) is 2.95. The zero-order valence-corrected chi connectivity index (χ0v) is 9.97. The summed E-state index contributed by atoms with van der Waals surface area (Å²) in [4.78, 5) is 2.53. The van der Waals surface area contributed by atoms with Gasteiger partial charge < -0.3 is 10.1 Å². The van der Waals surface area contributed by atoms with Gasteiger partial charge in [0.2, 0.25) is 0 Å². The van der Waals surface area contributed by atoms with Gasteiger partial charge >= 0.3 is 0 Å². The minimum Gasteiger partial charge on any atom is -0.383 e. The fourth-order valence-electron chi connectivity index (χ4n) is 2.10. The second-order valence-corrected chi connectivity index (χ2v) is 4.90. The maximum absolute atomic E-state index is 5.27. The van der Waals surface area contributed by atoms with Gasteiger partial charge in [0.25, 0.3) is 0 Å². The molecule has 0 amide bonds. The zero-order chi connectivity index (χ0) is 10.6. The smallest absolute Gasteiger partial charge is 0.0641 e. The Morgan fingerprint density at radius 1 is 1.50 bits per heavy atom. The van der Waals surface area contributed by atoms with Crippen LogP contribution in [0.1, 0.15) is 27.2 Å². The van der Waals surface area contributed by atoms with E-state index in [1.807, 2.05) is 0 Å². The number of methoxy groups -OCH3 is 1. The van der Waals surface area contributed by atoms with E-state index in [2.05, 4.69) is 31.0 Å². The number of hydrogen-bond donors (Lipinski definition) is 1. The van der Waals surface area contributed by atoms with E-state index in [1.54, 1.807) is 7.11 Å². The van der Waals surface area contributed by atoms with Crippen molar-refractivity contribution in [2.45, 2.75) is 38.8 Å². The Bertz CT molecular complexity index is 171. The first-order valence-electron chi connectivity index (χ1n) is 5.53. The van der Waals surface area contributed by atoms with Gasteiger partial charge in [0.1, 0.15) is 0 Å². The minimum atomic E-state index is 0.162. The first-order chi connectivity index (χ1) is 6.56. The molecular formula is C11H24N2O. The molecule has 0 aromatic heterocycles. The quantitative estimate of drug-likeness (QED) is 0.738. The Morgan fingerprint density at radius 2 is 2.21 bits per heavy atom. The van der Waals surface area contributed by atoms with E-state index in [-0.39, 0.29) is 5.54 Å². The number of rotatable bonds is 3. The summed E-state index contributed by atoms with van der Waals surface area (Å²) in [6, 6.07) is 0.591. The van der Waals surface area contributed by atoms with E-state index in [9.17, 15) is 0 Å². The average molecular weight is 200 g/mol. The Hall–Kier alpha value is -0.120. The highest BCUT2D eigenvalue weighted by molar-refractivity contribution is 4.85. The molecule has 1 unspecified atom stereocenters. The fourth-order valence-corrected chi connectivity index (χ4v) is 2.10. The highest BCUT2D eigenvalue weighted by Gasteiger charge is 2.28. The predicted molar refractivity (Wildman–Crippen MR) is 59.6 cm³/mol. The lowest BCUT2D eigenvalue weighted by molar-refractivity contribution is 0.0335. The second-order valence-electron chi connectivity index (χ2n) is 4.90. The summed E-state index contributed by atoms with van der Waals surface area (Å²) >= 11 is 0. The molecule has 1 atom stereocenters. The van der Waals surface area contributed by atoms with E-state index < -0.39 is 0 Å². The monoisotopic (exact) mass is 200 g/mol. The van der Waals surface area contributed by atoms with Crippen molar-refractivity contribution in [3.8, 4) is 0 Å². The van der Waals surface area contributed by atoms with Gasteiger partial charge in [0.15, 0.2) is 0 Å². The van der Waals surface area contributed by atoms with Crippen LogP contribution in [0, 0.1) is 0 Å². The van der Waals surface area contributed by atoms with Crippen molar-refractivity contribution in [2.75, 3.05) is 33.4 Å². The lowest BCUT2D eigenvalue weighted by Gasteiger charge is -2.38. The van der Waals surface area contributed by atoms with Gasteiger partial charge in [-0.05, 0) is 33.7 Å². The number of nitrogens with one attached hydrogen (secondary N) is 1. The van der Waals surface area contributed by atoms with Crippen molar-refractivity contribution in [3.63, 3.8) is 0 Å². The summed E-state index contributed by atoms with van der Waals surface area (Å²) in [5.41, 5.74) is 0.162. The third kappa shape index (κ3) is 3.23. The largest absolute Gasteiger partial charge is 0.383 e.